The molecule has 0 aliphatic rings. The van der Waals surface area contributed by atoms with Gasteiger partial charge in [-0.05, 0) is 0 Å². The third kappa shape index (κ3) is 14.7. The summed E-state index contributed by atoms with van der Waals surface area (Å²) in [5, 5.41) is 35.1. The lowest BCUT2D eigenvalue weighted by Gasteiger charge is -2.28. The van der Waals surface area contributed by atoms with E-state index in [0.29, 0.717) is 4.90 Å². The maximum Gasteiger partial charge on any atom is 0.401 e. The third-order valence-corrected chi connectivity index (χ3v) is 3.30. The minimum Gasteiger partial charge on any atom is -0.480 e. The Hall–Kier alpha value is -2.45. The summed E-state index contributed by atoms with van der Waals surface area (Å²) in [5.41, 5.74) is 0. The molecule has 0 saturated heterocycles. The van der Waals surface area contributed by atoms with Gasteiger partial charge >= 0.3 is 30.1 Å². The summed E-state index contributed by atoms with van der Waals surface area (Å²) in [6.07, 6.45) is -4.65. The number of alkyl halides is 3. The molecule has 0 saturated carbocycles. The van der Waals surface area contributed by atoms with E-state index in [1.807, 2.05) is 0 Å². The van der Waals surface area contributed by atoms with Crippen molar-refractivity contribution in [1.82, 2.24) is 14.7 Å². The monoisotopic (exact) mass is 417 g/mol. The van der Waals surface area contributed by atoms with Gasteiger partial charge in [0.25, 0.3) is 0 Å². The Morgan fingerprint density at radius 2 is 0.857 bits per heavy atom. The molecule has 0 bridgehead atoms. The molecule has 0 aliphatic carbocycles. The van der Waals surface area contributed by atoms with E-state index in [-0.39, 0.29) is 19.6 Å². The molecule has 0 aromatic rings. The molecule has 0 aromatic heterocycles. The zero-order chi connectivity index (χ0) is 21.9. The molecule has 14 heteroatoms. The van der Waals surface area contributed by atoms with Gasteiger partial charge in [-0.25, -0.2) is 0 Å². The number of carboxylic acids is 4. The standard InChI is InChI=1S/C14H22F3N3O8/c15-14(16,17)9-20(8-13(27)28)4-2-18(5-10(21)22)1-3-19(6-11(23)24)7-12(25)26/h1-9H2,(H,21,22)(H,23,24)(H,25,26)(H,27,28). The average molecular weight is 417 g/mol. The Kier molecular flexibility index (Phi) is 11.0. The number of nitrogens with zero attached hydrogens (tertiary/aromatic N) is 3. The second-order valence-electron chi connectivity index (χ2n) is 5.89. The van der Waals surface area contributed by atoms with E-state index in [2.05, 4.69) is 0 Å². The van der Waals surface area contributed by atoms with Crippen LogP contribution in [0.4, 0.5) is 13.2 Å². The quantitative estimate of drug-likeness (QED) is 0.253. The minimum absolute atomic E-state index is 0.139. The zero-order valence-electron chi connectivity index (χ0n) is 14.8. The van der Waals surface area contributed by atoms with Crippen LogP contribution in [0.25, 0.3) is 0 Å². The lowest BCUT2D eigenvalue weighted by molar-refractivity contribution is -0.155. The van der Waals surface area contributed by atoms with E-state index in [0.717, 1.165) is 4.90 Å². The number of aliphatic carboxylic acids is 4. The molecule has 4 N–H and O–H groups in total. The lowest BCUT2D eigenvalue weighted by Crippen LogP contribution is -2.46. The van der Waals surface area contributed by atoms with E-state index >= 15 is 0 Å². The fourth-order valence-electron chi connectivity index (χ4n) is 2.28. The number of carboxylic acid groups (broad SMARTS) is 4. The number of hydrogen-bond donors (Lipinski definition) is 4. The predicted molar refractivity (Wildman–Crippen MR) is 85.9 cm³/mol. The van der Waals surface area contributed by atoms with E-state index in [1.165, 1.54) is 4.90 Å². The number of halogens is 3. The molecule has 28 heavy (non-hydrogen) atoms. The van der Waals surface area contributed by atoms with Gasteiger partial charge in [-0.15, -0.1) is 0 Å². The van der Waals surface area contributed by atoms with Gasteiger partial charge in [0, 0.05) is 26.2 Å². The van der Waals surface area contributed by atoms with Crippen molar-refractivity contribution in [2.75, 3.05) is 58.9 Å². The molecule has 0 spiro atoms. The first-order chi connectivity index (χ1) is 12.8. The maximum atomic E-state index is 12.5. The van der Waals surface area contributed by atoms with Crippen LogP contribution in [0.3, 0.4) is 0 Å². The van der Waals surface area contributed by atoms with Crippen molar-refractivity contribution in [3.8, 4) is 0 Å². The number of carbonyl (C=O) groups is 4. The molecule has 0 amide bonds. The van der Waals surface area contributed by atoms with E-state index in [9.17, 15) is 32.3 Å². The largest absolute Gasteiger partial charge is 0.480 e. The highest BCUT2D eigenvalue weighted by Crippen LogP contribution is 2.16. The first-order valence-corrected chi connectivity index (χ1v) is 7.89. The van der Waals surface area contributed by atoms with Crippen molar-refractivity contribution in [3.63, 3.8) is 0 Å². The highest BCUT2D eigenvalue weighted by atomic mass is 19.4. The van der Waals surface area contributed by atoms with Crippen LogP contribution in [0.2, 0.25) is 0 Å². The highest BCUT2D eigenvalue weighted by molar-refractivity contribution is 5.72. The SMILES string of the molecule is O=C(O)CN(CCN(CC(=O)O)CC(=O)O)CCN(CC(=O)O)CC(F)(F)F. The van der Waals surface area contributed by atoms with Gasteiger partial charge in [0.2, 0.25) is 0 Å². The zero-order valence-corrected chi connectivity index (χ0v) is 14.8. The Bertz CT molecular complexity index is 542. The van der Waals surface area contributed by atoms with Gasteiger partial charge in [0.05, 0.1) is 32.7 Å². The fraction of sp³-hybridized carbons (Fsp3) is 0.714. The van der Waals surface area contributed by atoms with E-state index in [4.69, 9.17) is 20.4 Å². The average Bonchev–Trinajstić information content (AvgIpc) is 2.45. The number of hydrogen-bond acceptors (Lipinski definition) is 7. The summed E-state index contributed by atoms with van der Waals surface area (Å²) < 4.78 is 37.6. The first kappa shape index (κ1) is 25.6. The minimum atomic E-state index is -4.65. The molecule has 0 heterocycles. The van der Waals surface area contributed by atoms with Crippen molar-refractivity contribution in [3.05, 3.63) is 0 Å². The van der Waals surface area contributed by atoms with E-state index in [1.54, 1.807) is 0 Å². The molecule has 0 radical (unpaired) electrons. The van der Waals surface area contributed by atoms with Crippen LogP contribution in [-0.2, 0) is 19.2 Å². The van der Waals surface area contributed by atoms with Crippen molar-refractivity contribution in [1.29, 1.82) is 0 Å². The molecule has 162 valence electrons. The van der Waals surface area contributed by atoms with Crippen LogP contribution in [0, 0.1) is 0 Å². The second-order valence-corrected chi connectivity index (χ2v) is 5.89. The Morgan fingerprint density at radius 1 is 0.571 bits per heavy atom. The van der Waals surface area contributed by atoms with Crippen molar-refractivity contribution < 1.29 is 52.8 Å². The highest BCUT2D eigenvalue weighted by Gasteiger charge is 2.31. The van der Waals surface area contributed by atoms with E-state index < -0.39 is 69.3 Å². The van der Waals surface area contributed by atoms with Gasteiger partial charge in [-0.2, -0.15) is 13.2 Å². The molecular weight excluding hydrogens is 395 g/mol. The molecule has 0 atom stereocenters. The fourth-order valence-corrected chi connectivity index (χ4v) is 2.28. The topological polar surface area (TPSA) is 159 Å². The van der Waals surface area contributed by atoms with Crippen LogP contribution in [0.1, 0.15) is 0 Å². The third-order valence-electron chi connectivity index (χ3n) is 3.30. The van der Waals surface area contributed by atoms with Crippen molar-refractivity contribution in [2.45, 2.75) is 6.18 Å². The molecule has 0 rings (SSSR count). The predicted octanol–water partition coefficient (Wildman–Crippen LogP) is -1.21. The first-order valence-electron chi connectivity index (χ1n) is 7.89. The van der Waals surface area contributed by atoms with Crippen molar-refractivity contribution in [2.24, 2.45) is 0 Å². The smallest absolute Gasteiger partial charge is 0.401 e. The van der Waals surface area contributed by atoms with Crippen LogP contribution in [-0.4, -0.2) is 124 Å². The summed E-state index contributed by atoms with van der Waals surface area (Å²) in [4.78, 5) is 45.9. The molecular formula is C14H22F3N3O8. The van der Waals surface area contributed by atoms with Crippen LogP contribution in [0.5, 0.6) is 0 Å². The normalized spacial score (nSPS) is 11.9. The Morgan fingerprint density at radius 3 is 1.21 bits per heavy atom. The Balaban J connectivity index is 4.93. The number of rotatable bonds is 15. The summed E-state index contributed by atoms with van der Waals surface area (Å²) in [6, 6.07) is 0. The second kappa shape index (κ2) is 12.1. The molecule has 0 unspecified atom stereocenters. The summed E-state index contributed by atoms with van der Waals surface area (Å²) >= 11 is 0. The van der Waals surface area contributed by atoms with Gasteiger partial charge in [-0.3, -0.25) is 33.9 Å². The molecule has 11 nitrogen and oxygen atoms in total. The van der Waals surface area contributed by atoms with Crippen LogP contribution < -0.4 is 0 Å². The summed E-state index contributed by atoms with van der Waals surface area (Å²) in [7, 11) is 0. The summed E-state index contributed by atoms with van der Waals surface area (Å²) in [5.74, 6) is -5.39. The van der Waals surface area contributed by atoms with Gasteiger partial charge in [0.15, 0.2) is 0 Å². The van der Waals surface area contributed by atoms with Gasteiger partial charge in [-0.1, -0.05) is 0 Å². The summed E-state index contributed by atoms with van der Waals surface area (Å²) in [6.45, 7) is -5.18. The molecule has 0 aromatic carbocycles. The lowest BCUT2D eigenvalue weighted by atomic mass is 10.3. The van der Waals surface area contributed by atoms with Crippen molar-refractivity contribution >= 4 is 23.9 Å². The molecule has 0 aliphatic heterocycles. The van der Waals surface area contributed by atoms with Gasteiger partial charge < -0.3 is 20.4 Å². The van der Waals surface area contributed by atoms with Crippen LogP contribution in [0.15, 0.2) is 0 Å². The van der Waals surface area contributed by atoms with Gasteiger partial charge in [0.1, 0.15) is 0 Å². The molecule has 0 fully saturated rings. The Labute approximate surface area is 157 Å². The van der Waals surface area contributed by atoms with Crippen LogP contribution >= 0.6 is 0 Å². The maximum absolute atomic E-state index is 12.5.